The predicted octanol–water partition coefficient (Wildman–Crippen LogP) is 1.16. The van der Waals surface area contributed by atoms with E-state index < -0.39 is 0 Å². The number of H-pyrrole nitrogens is 2. The topological polar surface area (TPSA) is 83.7 Å². The van der Waals surface area contributed by atoms with Crippen LogP contribution >= 0.6 is 11.8 Å². The zero-order valence-corrected chi connectivity index (χ0v) is 10.3. The van der Waals surface area contributed by atoms with E-state index in [9.17, 15) is 4.79 Å². The van der Waals surface area contributed by atoms with Gasteiger partial charge in [0.1, 0.15) is 0 Å². The van der Waals surface area contributed by atoms with Gasteiger partial charge in [-0.25, -0.2) is 9.97 Å². The second-order valence-corrected chi connectivity index (χ2v) is 4.60. The Bertz CT molecular complexity index is 536. The molecule has 2 aromatic rings. The van der Waals surface area contributed by atoms with Crippen molar-refractivity contribution in [3.63, 3.8) is 0 Å². The summed E-state index contributed by atoms with van der Waals surface area (Å²) in [4.78, 5) is 25.3. The monoisotopic (exact) mass is 254 g/mol. The van der Waals surface area contributed by atoms with Gasteiger partial charge in [0.15, 0.2) is 16.3 Å². The van der Waals surface area contributed by atoms with Crippen molar-refractivity contribution in [2.75, 3.05) is 19.5 Å². The SMILES string of the molecule is COCCCCSc1nc2nc[nH]c2c(=O)[nH]1. The smallest absolute Gasteiger partial charge is 0.277 e. The van der Waals surface area contributed by atoms with Gasteiger partial charge in [0.2, 0.25) is 0 Å². The Morgan fingerprint density at radius 3 is 3.18 bits per heavy atom. The van der Waals surface area contributed by atoms with Crippen LogP contribution in [0.3, 0.4) is 0 Å². The first kappa shape index (κ1) is 12.1. The second kappa shape index (κ2) is 5.83. The van der Waals surface area contributed by atoms with Crippen LogP contribution in [0.25, 0.3) is 11.2 Å². The van der Waals surface area contributed by atoms with E-state index in [2.05, 4.69) is 19.9 Å². The Labute approximate surface area is 102 Å². The van der Waals surface area contributed by atoms with E-state index in [0.717, 1.165) is 25.2 Å². The van der Waals surface area contributed by atoms with Crippen molar-refractivity contribution < 1.29 is 4.74 Å². The highest BCUT2D eigenvalue weighted by atomic mass is 32.2. The van der Waals surface area contributed by atoms with Gasteiger partial charge in [-0.15, -0.1) is 0 Å². The Morgan fingerprint density at radius 2 is 2.35 bits per heavy atom. The minimum Gasteiger partial charge on any atom is -0.385 e. The molecule has 0 radical (unpaired) electrons. The van der Waals surface area contributed by atoms with Gasteiger partial charge in [-0.2, -0.15) is 0 Å². The molecule has 0 aromatic carbocycles. The number of nitrogens with one attached hydrogen (secondary N) is 2. The number of aromatic amines is 2. The molecule has 0 saturated heterocycles. The fourth-order valence-corrected chi connectivity index (χ4v) is 2.27. The van der Waals surface area contributed by atoms with Crippen molar-refractivity contribution in [1.82, 2.24) is 19.9 Å². The molecule has 0 amide bonds. The molecule has 0 unspecified atom stereocenters. The molecule has 92 valence electrons. The lowest BCUT2D eigenvalue weighted by atomic mass is 10.4. The minimum absolute atomic E-state index is 0.174. The highest BCUT2D eigenvalue weighted by Crippen LogP contribution is 2.14. The molecule has 0 aliphatic heterocycles. The zero-order valence-electron chi connectivity index (χ0n) is 9.52. The van der Waals surface area contributed by atoms with Gasteiger partial charge in [-0.3, -0.25) is 9.78 Å². The highest BCUT2D eigenvalue weighted by molar-refractivity contribution is 7.99. The fraction of sp³-hybridized carbons (Fsp3) is 0.500. The first-order valence-electron chi connectivity index (χ1n) is 5.36. The molecule has 0 saturated carbocycles. The highest BCUT2D eigenvalue weighted by Gasteiger charge is 2.05. The molecule has 2 N–H and O–H groups in total. The summed E-state index contributed by atoms with van der Waals surface area (Å²) in [5.41, 5.74) is 0.716. The Morgan fingerprint density at radius 1 is 1.47 bits per heavy atom. The summed E-state index contributed by atoms with van der Waals surface area (Å²) in [5, 5.41) is 0.618. The molecule has 2 aromatic heterocycles. The summed E-state index contributed by atoms with van der Waals surface area (Å²) in [6.45, 7) is 0.767. The van der Waals surface area contributed by atoms with Crippen LogP contribution < -0.4 is 5.56 Å². The molecular weight excluding hydrogens is 240 g/mol. The van der Waals surface area contributed by atoms with Gasteiger partial charge in [-0.1, -0.05) is 11.8 Å². The number of ether oxygens (including phenoxy) is 1. The zero-order chi connectivity index (χ0) is 12.1. The molecule has 0 spiro atoms. The Kier molecular flexibility index (Phi) is 4.16. The second-order valence-electron chi connectivity index (χ2n) is 3.52. The van der Waals surface area contributed by atoms with Crippen LogP contribution in [0.4, 0.5) is 0 Å². The van der Waals surface area contributed by atoms with Crippen molar-refractivity contribution in [2.24, 2.45) is 0 Å². The number of hydrogen-bond acceptors (Lipinski definition) is 5. The van der Waals surface area contributed by atoms with Crippen LogP contribution in [0.2, 0.25) is 0 Å². The van der Waals surface area contributed by atoms with Crippen molar-refractivity contribution >= 4 is 22.9 Å². The number of fused-ring (bicyclic) bond motifs is 1. The summed E-state index contributed by atoms with van der Waals surface area (Å²) in [5.74, 6) is 0.905. The third-order valence-corrected chi connectivity index (χ3v) is 3.22. The van der Waals surface area contributed by atoms with E-state index in [1.54, 1.807) is 7.11 Å². The number of thioether (sulfide) groups is 1. The van der Waals surface area contributed by atoms with Gasteiger partial charge in [0, 0.05) is 19.5 Å². The largest absolute Gasteiger partial charge is 0.385 e. The van der Waals surface area contributed by atoms with Gasteiger partial charge in [0.25, 0.3) is 5.56 Å². The van der Waals surface area contributed by atoms with Crippen molar-refractivity contribution in [3.8, 4) is 0 Å². The van der Waals surface area contributed by atoms with Crippen LogP contribution in [0.15, 0.2) is 16.3 Å². The first-order valence-corrected chi connectivity index (χ1v) is 6.35. The van der Waals surface area contributed by atoms with Gasteiger partial charge < -0.3 is 9.72 Å². The van der Waals surface area contributed by atoms with E-state index in [0.29, 0.717) is 16.3 Å². The van der Waals surface area contributed by atoms with Gasteiger partial charge in [-0.05, 0) is 12.8 Å². The molecule has 6 nitrogen and oxygen atoms in total. The number of methoxy groups -OCH3 is 1. The normalized spacial score (nSPS) is 11.1. The van der Waals surface area contributed by atoms with Gasteiger partial charge >= 0.3 is 0 Å². The molecule has 0 bridgehead atoms. The first-order chi connectivity index (χ1) is 8.31. The summed E-state index contributed by atoms with van der Waals surface area (Å²) < 4.78 is 4.96. The Balaban J connectivity index is 1.97. The summed E-state index contributed by atoms with van der Waals surface area (Å²) in [7, 11) is 1.69. The van der Waals surface area contributed by atoms with Crippen molar-refractivity contribution in [1.29, 1.82) is 0 Å². The lowest BCUT2D eigenvalue weighted by Crippen LogP contribution is -2.09. The molecule has 0 aliphatic rings. The van der Waals surface area contributed by atoms with Crippen LogP contribution in [0, 0.1) is 0 Å². The fourth-order valence-electron chi connectivity index (χ4n) is 1.41. The molecule has 0 aliphatic carbocycles. The molecule has 2 rings (SSSR count). The van der Waals surface area contributed by atoms with Gasteiger partial charge in [0.05, 0.1) is 6.33 Å². The molecule has 0 atom stereocenters. The average molecular weight is 254 g/mol. The van der Waals surface area contributed by atoms with Crippen molar-refractivity contribution in [2.45, 2.75) is 18.0 Å². The molecule has 7 heteroatoms. The Hall–Kier alpha value is -1.34. The number of rotatable bonds is 6. The third-order valence-electron chi connectivity index (χ3n) is 2.26. The van der Waals surface area contributed by atoms with E-state index >= 15 is 0 Å². The number of unbranched alkanes of at least 4 members (excludes halogenated alkanes) is 1. The standard InChI is InChI=1S/C10H14N4O2S/c1-16-4-2-3-5-17-10-13-8-7(9(15)14-10)11-6-12-8/h6H,2-5H2,1H3,(H2,11,12,13,14,15). The summed E-state index contributed by atoms with van der Waals surface area (Å²) in [6.07, 6.45) is 3.51. The average Bonchev–Trinajstić information content (AvgIpc) is 2.77. The van der Waals surface area contributed by atoms with E-state index in [1.807, 2.05) is 0 Å². The lowest BCUT2D eigenvalue weighted by Gasteiger charge is -2.00. The van der Waals surface area contributed by atoms with E-state index in [-0.39, 0.29) is 5.56 Å². The molecular formula is C10H14N4O2S. The number of imidazole rings is 1. The summed E-state index contributed by atoms with van der Waals surface area (Å²) >= 11 is 1.53. The maximum absolute atomic E-state index is 11.6. The molecule has 0 fully saturated rings. The minimum atomic E-state index is -0.174. The molecule has 2 heterocycles. The predicted molar refractivity (Wildman–Crippen MR) is 66.3 cm³/mol. The third kappa shape index (κ3) is 3.07. The number of aromatic nitrogens is 4. The molecule has 17 heavy (non-hydrogen) atoms. The number of nitrogens with zero attached hydrogens (tertiary/aromatic N) is 2. The van der Waals surface area contributed by atoms with Crippen LogP contribution in [-0.4, -0.2) is 39.4 Å². The summed E-state index contributed by atoms with van der Waals surface area (Å²) in [6, 6.07) is 0. The van der Waals surface area contributed by atoms with Crippen molar-refractivity contribution in [3.05, 3.63) is 16.7 Å². The van der Waals surface area contributed by atoms with Crippen LogP contribution in [0.1, 0.15) is 12.8 Å². The quantitative estimate of drug-likeness (QED) is 0.459. The van der Waals surface area contributed by atoms with Crippen LogP contribution in [-0.2, 0) is 4.74 Å². The van der Waals surface area contributed by atoms with E-state index in [4.69, 9.17) is 4.74 Å². The van der Waals surface area contributed by atoms with E-state index in [1.165, 1.54) is 18.1 Å². The maximum Gasteiger partial charge on any atom is 0.277 e. The lowest BCUT2D eigenvalue weighted by molar-refractivity contribution is 0.194. The number of hydrogen-bond donors (Lipinski definition) is 2. The maximum atomic E-state index is 11.6. The van der Waals surface area contributed by atoms with Crippen LogP contribution in [0.5, 0.6) is 0 Å².